The molecule has 0 bridgehead atoms. The molecule has 0 spiro atoms. The van der Waals surface area contributed by atoms with E-state index in [1.165, 1.54) is 27.5 Å². The van der Waals surface area contributed by atoms with Crippen LogP contribution >= 0.6 is 0 Å². The van der Waals surface area contributed by atoms with Gasteiger partial charge in [0.05, 0.1) is 34.1 Å². The standard InChI is InChI=1S/C21H25N3O5/c1-13-6-7-16(8-14(13)2)21(26)22-12-19(25)24-23-11-15-9-17(27-3)20(29-5)18(10-15)28-4/h6-11H,12H2,1-5H3,(H,22,26)(H,24,25)/b23-11-. The number of carbonyl (C=O) groups is 2. The van der Waals surface area contributed by atoms with Crippen LogP contribution in [-0.2, 0) is 4.79 Å². The molecule has 0 saturated heterocycles. The number of nitrogens with zero attached hydrogens (tertiary/aromatic N) is 1. The van der Waals surface area contributed by atoms with Gasteiger partial charge in [0.25, 0.3) is 11.8 Å². The predicted octanol–water partition coefficient (Wildman–Crippen LogP) is 2.21. The summed E-state index contributed by atoms with van der Waals surface area (Å²) in [6, 6.07) is 8.76. The molecule has 0 aromatic heterocycles. The zero-order valence-corrected chi connectivity index (χ0v) is 17.2. The van der Waals surface area contributed by atoms with Gasteiger partial charge < -0.3 is 19.5 Å². The maximum Gasteiger partial charge on any atom is 0.259 e. The van der Waals surface area contributed by atoms with Gasteiger partial charge in [0.2, 0.25) is 5.75 Å². The number of ether oxygens (including phenoxy) is 3. The van der Waals surface area contributed by atoms with E-state index >= 15 is 0 Å². The van der Waals surface area contributed by atoms with E-state index in [4.69, 9.17) is 14.2 Å². The van der Waals surface area contributed by atoms with Gasteiger partial charge in [0.15, 0.2) is 11.5 Å². The average molecular weight is 399 g/mol. The molecule has 0 unspecified atom stereocenters. The lowest BCUT2D eigenvalue weighted by Crippen LogP contribution is -2.34. The summed E-state index contributed by atoms with van der Waals surface area (Å²) in [4.78, 5) is 24.1. The van der Waals surface area contributed by atoms with Crippen LogP contribution in [0.4, 0.5) is 0 Å². The summed E-state index contributed by atoms with van der Waals surface area (Å²) < 4.78 is 15.8. The first-order valence-corrected chi connectivity index (χ1v) is 8.87. The number of methoxy groups -OCH3 is 3. The highest BCUT2D eigenvalue weighted by atomic mass is 16.5. The van der Waals surface area contributed by atoms with E-state index in [1.807, 2.05) is 19.9 Å². The van der Waals surface area contributed by atoms with Crippen molar-refractivity contribution in [3.63, 3.8) is 0 Å². The number of aryl methyl sites for hydroxylation is 2. The lowest BCUT2D eigenvalue weighted by molar-refractivity contribution is -0.120. The van der Waals surface area contributed by atoms with Crippen LogP contribution in [0.2, 0.25) is 0 Å². The summed E-state index contributed by atoms with van der Waals surface area (Å²) in [5.41, 5.74) is 5.61. The Kier molecular flexibility index (Phi) is 7.59. The molecule has 0 aliphatic heterocycles. The van der Waals surface area contributed by atoms with Crippen molar-refractivity contribution < 1.29 is 23.8 Å². The van der Waals surface area contributed by atoms with Gasteiger partial charge in [-0.1, -0.05) is 6.07 Å². The molecular weight excluding hydrogens is 374 g/mol. The van der Waals surface area contributed by atoms with E-state index in [2.05, 4.69) is 15.8 Å². The largest absolute Gasteiger partial charge is 0.493 e. The second-order valence-corrected chi connectivity index (χ2v) is 6.23. The Morgan fingerprint density at radius 2 is 1.62 bits per heavy atom. The third-order valence-electron chi connectivity index (χ3n) is 4.27. The molecule has 0 aliphatic carbocycles. The zero-order valence-electron chi connectivity index (χ0n) is 17.2. The van der Waals surface area contributed by atoms with Crippen molar-refractivity contribution in [1.82, 2.24) is 10.7 Å². The first-order chi connectivity index (χ1) is 13.9. The number of hydrazone groups is 1. The van der Waals surface area contributed by atoms with Crippen LogP contribution < -0.4 is 25.0 Å². The van der Waals surface area contributed by atoms with Crippen LogP contribution in [0.1, 0.15) is 27.0 Å². The highest BCUT2D eigenvalue weighted by molar-refractivity contribution is 5.96. The van der Waals surface area contributed by atoms with Crippen molar-refractivity contribution in [3.8, 4) is 17.2 Å². The fraction of sp³-hybridized carbons (Fsp3) is 0.286. The second-order valence-electron chi connectivity index (χ2n) is 6.23. The Hall–Kier alpha value is -3.55. The number of hydrogen-bond acceptors (Lipinski definition) is 6. The normalized spacial score (nSPS) is 10.5. The predicted molar refractivity (Wildman–Crippen MR) is 110 cm³/mol. The number of benzene rings is 2. The van der Waals surface area contributed by atoms with E-state index in [-0.39, 0.29) is 12.5 Å². The lowest BCUT2D eigenvalue weighted by atomic mass is 10.1. The third kappa shape index (κ3) is 5.71. The second kappa shape index (κ2) is 10.1. The van der Waals surface area contributed by atoms with E-state index in [9.17, 15) is 9.59 Å². The van der Waals surface area contributed by atoms with Crippen LogP contribution in [0.15, 0.2) is 35.4 Å². The number of hydrogen-bond donors (Lipinski definition) is 2. The fourth-order valence-corrected chi connectivity index (χ4v) is 2.54. The van der Waals surface area contributed by atoms with E-state index in [0.717, 1.165) is 11.1 Å². The summed E-state index contributed by atoms with van der Waals surface area (Å²) in [6.07, 6.45) is 1.44. The molecule has 0 fully saturated rings. The Bertz CT molecular complexity index is 900. The van der Waals surface area contributed by atoms with Crippen molar-refractivity contribution in [2.75, 3.05) is 27.9 Å². The third-order valence-corrected chi connectivity index (χ3v) is 4.27. The molecule has 8 heteroatoms. The fourth-order valence-electron chi connectivity index (χ4n) is 2.54. The number of carbonyl (C=O) groups excluding carboxylic acids is 2. The molecule has 2 rings (SSSR count). The number of nitrogens with one attached hydrogen (secondary N) is 2. The van der Waals surface area contributed by atoms with Gasteiger partial charge >= 0.3 is 0 Å². The Balaban J connectivity index is 1.94. The quantitative estimate of drug-likeness (QED) is 0.524. The van der Waals surface area contributed by atoms with Gasteiger partial charge in [-0.15, -0.1) is 0 Å². The first-order valence-electron chi connectivity index (χ1n) is 8.87. The van der Waals surface area contributed by atoms with E-state index in [1.54, 1.807) is 24.3 Å². The minimum absolute atomic E-state index is 0.196. The van der Waals surface area contributed by atoms with Gasteiger partial charge in [-0.05, 0) is 49.2 Å². The van der Waals surface area contributed by atoms with Crippen molar-refractivity contribution in [3.05, 3.63) is 52.6 Å². The summed E-state index contributed by atoms with van der Waals surface area (Å²) in [5.74, 6) is 0.633. The molecular formula is C21H25N3O5. The highest BCUT2D eigenvalue weighted by Crippen LogP contribution is 2.37. The van der Waals surface area contributed by atoms with Crippen LogP contribution in [0.25, 0.3) is 0 Å². The molecule has 0 atom stereocenters. The maximum absolute atomic E-state index is 12.1. The van der Waals surface area contributed by atoms with Gasteiger partial charge in [0, 0.05) is 11.1 Å². The Labute approximate surface area is 169 Å². The van der Waals surface area contributed by atoms with E-state index in [0.29, 0.717) is 28.4 Å². The van der Waals surface area contributed by atoms with Crippen LogP contribution in [0, 0.1) is 13.8 Å². The van der Waals surface area contributed by atoms with E-state index < -0.39 is 5.91 Å². The molecule has 0 heterocycles. The summed E-state index contributed by atoms with van der Waals surface area (Å²) in [5, 5.41) is 6.46. The first kappa shape index (κ1) is 21.7. The monoisotopic (exact) mass is 399 g/mol. The Morgan fingerprint density at radius 1 is 0.966 bits per heavy atom. The SMILES string of the molecule is COc1cc(/C=N\NC(=O)CNC(=O)c2ccc(C)c(C)c2)cc(OC)c1OC. The summed E-state index contributed by atoms with van der Waals surface area (Å²) in [7, 11) is 4.54. The topological polar surface area (TPSA) is 98.2 Å². The average Bonchev–Trinajstić information content (AvgIpc) is 2.73. The molecule has 29 heavy (non-hydrogen) atoms. The van der Waals surface area contributed by atoms with Crippen molar-refractivity contribution in [2.45, 2.75) is 13.8 Å². The number of rotatable bonds is 8. The summed E-state index contributed by atoms with van der Waals surface area (Å²) in [6.45, 7) is 3.70. The molecule has 0 radical (unpaired) electrons. The molecule has 0 saturated carbocycles. The molecule has 2 amide bonds. The summed E-state index contributed by atoms with van der Waals surface area (Å²) >= 11 is 0. The van der Waals surface area contributed by atoms with Crippen molar-refractivity contribution in [2.24, 2.45) is 5.10 Å². The maximum atomic E-state index is 12.1. The molecule has 8 nitrogen and oxygen atoms in total. The minimum atomic E-state index is -0.453. The van der Waals surface area contributed by atoms with Crippen LogP contribution in [0.3, 0.4) is 0 Å². The van der Waals surface area contributed by atoms with Gasteiger partial charge in [-0.3, -0.25) is 9.59 Å². The molecule has 154 valence electrons. The van der Waals surface area contributed by atoms with Gasteiger partial charge in [0.1, 0.15) is 0 Å². The van der Waals surface area contributed by atoms with Crippen LogP contribution in [0.5, 0.6) is 17.2 Å². The smallest absolute Gasteiger partial charge is 0.259 e. The minimum Gasteiger partial charge on any atom is -0.493 e. The van der Waals surface area contributed by atoms with Gasteiger partial charge in [-0.25, -0.2) is 5.43 Å². The van der Waals surface area contributed by atoms with Gasteiger partial charge in [-0.2, -0.15) is 5.10 Å². The Morgan fingerprint density at radius 3 is 2.17 bits per heavy atom. The molecule has 0 aliphatic rings. The number of amides is 2. The zero-order chi connectivity index (χ0) is 21.4. The van der Waals surface area contributed by atoms with Crippen molar-refractivity contribution in [1.29, 1.82) is 0 Å². The van der Waals surface area contributed by atoms with Crippen LogP contribution in [-0.4, -0.2) is 45.9 Å². The van der Waals surface area contributed by atoms with Crippen molar-refractivity contribution >= 4 is 18.0 Å². The molecule has 2 aromatic carbocycles. The highest BCUT2D eigenvalue weighted by Gasteiger charge is 2.12. The lowest BCUT2D eigenvalue weighted by Gasteiger charge is -2.12. The molecule has 2 aromatic rings. The molecule has 2 N–H and O–H groups in total.